The van der Waals surface area contributed by atoms with Gasteiger partial charge in [-0.15, -0.1) is 0 Å². The molecule has 6 heteroatoms. The molecular weight excluding hydrogens is 356 g/mol. The predicted molar refractivity (Wildman–Crippen MR) is 109 cm³/mol. The molecule has 0 saturated carbocycles. The van der Waals surface area contributed by atoms with Gasteiger partial charge in [-0.3, -0.25) is 4.79 Å². The molecule has 0 radical (unpaired) electrons. The van der Waals surface area contributed by atoms with Crippen LogP contribution in [0.25, 0.3) is 0 Å². The summed E-state index contributed by atoms with van der Waals surface area (Å²) in [7, 11) is 0. The third-order valence-corrected chi connectivity index (χ3v) is 4.17. The van der Waals surface area contributed by atoms with Crippen molar-refractivity contribution in [3.05, 3.63) is 48.5 Å². The number of carbonyl (C=O) groups is 1. The van der Waals surface area contributed by atoms with Crippen LogP contribution in [0.4, 0.5) is 11.4 Å². The molecule has 1 atom stereocenters. The largest absolute Gasteiger partial charge is 0.494 e. The maximum Gasteiger partial charge on any atom is 0.303 e. The van der Waals surface area contributed by atoms with Gasteiger partial charge in [-0.1, -0.05) is 6.92 Å². The highest BCUT2D eigenvalue weighted by Gasteiger charge is 2.01. The van der Waals surface area contributed by atoms with E-state index in [1.165, 1.54) is 0 Å². The molecule has 0 unspecified atom stereocenters. The minimum absolute atomic E-state index is 0.193. The van der Waals surface area contributed by atoms with Crippen LogP contribution < -0.4 is 9.47 Å². The second-order valence-corrected chi connectivity index (χ2v) is 6.58. The highest BCUT2D eigenvalue weighted by Crippen LogP contribution is 2.23. The Hall–Kier alpha value is -2.89. The van der Waals surface area contributed by atoms with Crippen molar-refractivity contribution in [2.24, 2.45) is 10.2 Å². The highest BCUT2D eigenvalue weighted by atomic mass is 16.5. The van der Waals surface area contributed by atoms with Gasteiger partial charge in [0.25, 0.3) is 0 Å². The molecule has 0 aliphatic carbocycles. The quantitative estimate of drug-likeness (QED) is 0.344. The van der Waals surface area contributed by atoms with Crippen molar-refractivity contribution >= 4 is 17.3 Å². The fourth-order valence-corrected chi connectivity index (χ4v) is 2.38. The molecule has 1 N–H and O–H groups in total. The second-order valence-electron chi connectivity index (χ2n) is 6.58. The zero-order valence-corrected chi connectivity index (χ0v) is 16.5. The maximum absolute atomic E-state index is 10.4. The van der Waals surface area contributed by atoms with Gasteiger partial charge in [0.2, 0.25) is 0 Å². The van der Waals surface area contributed by atoms with E-state index < -0.39 is 5.97 Å². The molecule has 0 aliphatic rings. The van der Waals surface area contributed by atoms with E-state index in [9.17, 15) is 4.79 Å². The van der Waals surface area contributed by atoms with Gasteiger partial charge in [0.05, 0.1) is 24.1 Å². The summed E-state index contributed by atoms with van der Waals surface area (Å²) in [5.41, 5.74) is 1.51. The Morgan fingerprint density at radius 2 is 1.50 bits per heavy atom. The molecule has 0 saturated heterocycles. The molecule has 0 aromatic heterocycles. The Morgan fingerprint density at radius 1 is 0.929 bits per heavy atom. The van der Waals surface area contributed by atoms with Crippen LogP contribution in [0.1, 0.15) is 46.0 Å². The fraction of sp³-hybridized carbons (Fsp3) is 0.409. The average molecular weight is 384 g/mol. The van der Waals surface area contributed by atoms with Crippen LogP contribution in [0.3, 0.4) is 0 Å². The van der Waals surface area contributed by atoms with Gasteiger partial charge in [-0.2, -0.15) is 10.2 Å². The number of nitrogens with zero attached hydrogens (tertiary/aromatic N) is 2. The van der Waals surface area contributed by atoms with Crippen LogP contribution in [-0.4, -0.2) is 23.8 Å². The zero-order valence-electron chi connectivity index (χ0n) is 16.5. The van der Waals surface area contributed by atoms with E-state index in [0.29, 0.717) is 13.0 Å². The predicted octanol–water partition coefficient (Wildman–Crippen LogP) is 6.30. The number of rotatable bonds is 12. The monoisotopic (exact) mass is 384 g/mol. The van der Waals surface area contributed by atoms with Gasteiger partial charge < -0.3 is 14.6 Å². The van der Waals surface area contributed by atoms with Crippen LogP contribution in [-0.2, 0) is 4.79 Å². The normalized spacial score (nSPS) is 12.1. The highest BCUT2D eigenvalue weighted by molar-refractivity contribution is 5.66. The summed E-state index contributed by atoms with van der Waals surface area (Å²) in [4.78, 5) is 10.4. The van der Waals surface area contributed by atoms with Crippen LogP contribution in [0, 0.1) is 0 Å². The summed E-state index contributed by atoms with van der Waals surface area (Å²) in [6.45, 7) is 4.71. The Balaban J connectivity index is 1.76. The number of azo groups is 1. The summed E-state index contributed by atoms with van der Waals surface area (Å²) in [6.07, 6.45) is 3.74. The molecule has 0 bridgehead atoms. The van der Waals surface area contributed by atoms with E-state index in [4.69, 9.17) is 14.6 Å². The van der Waals surface area contributed by atoms with Gasteiger partial charge in [0, 0.05) is 6.42 Å². The lowest BCUT2D eigenvalue weighted by atomic mass is 10.2. The number of unbranched alkanes of at least 4 members (excludes halogenated alkanes) is 2. The Bertz CT molecular complexity index is 742. The van der Waals surface area contributed by atoms with Crippen LogP contribution in [0.2, 0.25) is 0 Å². The van der Waals surface area contributed by atoms with Crippen LogP contribution in [0.15, 0.2) is 58.8 Å². The SMILES string of the molecule is CC[C@H](C)Oc1ccc(N=Nc2ccc(OCCCCCC(=O)O)cc2)cc1. The van der Waals surface area contributed by atoms with E-state index in [-0.39, 0.29) is 12.5 Å². The number of carboxylic acid groups (broad SMARTS) is 1. The lowest BCUT2D eigenvalue weighted by molar-refractivity contribution is -0.137. The van der Waals surface area contributed by atoms with E-state index in [1.54, 1.807) is 0 Å². The van der Waals surface area contributed by atoms with Gasteiger partial charge in [0.15, 0.2) is 0 Å². The van der Waals surface area contributed by atoms with Crippen molar-refractivity contribution in [3.63, 3.8) is 0 Å². The number of hydrogen-bond acceptors (Lipinski definition) is 5. The summed E-state index contributed by atoms with van der Waals surface area (Å²) in [5.74, 6) is 0.850. The van der Waals surface area contributed by atoms with Gasteiger partial charge in [0.1, 0.15) is 11.5 Å². The minimum atomic E-state index is -0.749. The molecule has 2 aromatic rings. The number of aliphatic carboxylic acids is 1. The molecule has 150 valence electrons. The smallest absolute Gasteiger partial charge is 0.303 e. The lowest BCUT2D eigenvalue weighted by Gasteiger charge is -2.11. The molecule has 0 heterocycles. The molecule has 0 amide bonds. The first-order valence-electron chi connectivity index (χ1n) is 9.70. The van der Waals surface area contributed by atoms with E-state index in [1.807, 2.05) is 55.5 Å². The van der Waals surface area contributed by atoms with Crippen molar-refractivity contribution in [2.45, 2.75) is 52.1 Å². The molecule has 0 fully saturated rings. The van der Waals surface area contributed by atoms with Crippen LogP contribution in [0.5, 0.6) is 11.5 Å². The lowest BCUT2D eigenvalue weighted by Crippen LogP contribution is -2.09. The topological polar surface area (TPSA) is 80.5 Å². The van der Waals surface area contributed by atoms with Crippen molar-refractivity contribution in [3.8, 4) is 11.5 Å². The standard InChI is InChI=1S/C22H28N2O4/c1-3-17(2)28-21-14-10-19(11-15-21)24-23-18-8-12-20(13-9-18)27-16-6-4-5-7-22(25)26/h8-15,17H,3-7,16H2,1-2H3,(H,25,26)/t17-/m0/s1. The molecule has 6 nitrogen and oxygen atoms in total. The molecule has 28 heavy (non-hydrogen) atoms. The first kappa shape index (κ1) is 21.4. The van der Waals surface area contributed by atoms with Crippen molar-refractivity contribution in [2.75, 3.05) is 6.61 Å². The molecular formula is C22H28N2O4. The van der Waals surface area contributed by atoms with Gasteiger partial charge in [-0.25, -0.2) is 0 Å². The summed E-state index contributed by atoms with van der Waals surface area (Å²) < 4.78 is 11.4. The molecule has 0 aliphatic heterocycles. The summed E-state index contributed by atoms with van der Waals surface area (Å²) in [6, 6.07) is 15.0. The first-order valence-corrected chi connectivity index (χ1v) is 9.70. The van der Waals surface area contributed by atoms with Crippen molar-refractivity contribution < 1.29 is 19.4 Å². The van der Waals surface area contributed by atoms with Crippen LogP contribution >= 0.6 is 0 Å². The number of hydrogen-bond donors (Lipinski definition) is 1. The third kappa shape index (κ3) is 8.20. The second kappa shape index (κ2) is 11.7. The number of ether oxygens (including phenoxy) is 2. The zero-order chi connectivity index (χ0) is 20.2. The molecule has 2 rings (SSSR count). The number of benzene rings is 2. The Labute approximate surface area is 166 Å². The average Bonchev–Trinajstić information content (AvgIpc) is 2.70. The van der Waals surface area contributed by atoms with E-state index in [0.717, 1.165) is 42.1 Å². The maximum atomic E-state index is 10.4. The van der Waals surface area contributed by atoms with E-state index >= 15 is 0 Å². The van der Waals surface area contributed by atoms with Gasteiger partial charge >= 0.3 is 5.97 Å². The Kier molecular flexibility index (Phi) is 8.98. The summed E-state index contributed by atoms with van der Waals surface area (Å²) >= 11 is 0. The molecule has 0 spiro atoms. The third-order valence-electron chi connectivity index (χ3n) is 4.17. The molecule has 2 aromatic carbocycles. The fourth-order valence-electron chi connectivity index (χ4n) is 2.38. The Morgan fingerprint density at radius 3 is 2.04 bits per heavy atom. The van der Waals surface area contributed by atoms with Crippen molar-refractivity contribution in [1.29, 1.82) is 0 Å². The van der Waals surface area contributed by atoms with E-state index in [2.05, 4.69) is 17.2 Å². The minimum Gasteiger partial charge on any atom is -0.494 e. The number of carboxylic acids is 1. The van der Waals surface area contributed by atoms with Crippen molar-refractivity contribution in [1.82, 2.24) is 0 Å². The first-order chi connectivity index (χ1) is 13.6. The summed E-state index contributed by atoms with van der Waals surface area (Å²) in [5, 5.41) is 17.1. The van der Waals surface area contributed by atoms with Gasteiger partial charge in [-0.05, 0) is 81.1 Å².